The van der Waals surface area contributed by atoms with Gasteiger partial charge in [0.15, 0.2) is 0 Å². The van der Waals surface area contributed by atoms with Gasteiger partial charge in [-0.05, 0) is 81.3 Å². The van der Waals surface area contributed by atoms with Crippen LogP contribution in [0.5, 0.6) is 0 Å². The lowest BCUT2D eigenvalue weighted by molar-refractivity contribution is -0.150. The number of benzene rings is 1. The number of ether oxygens (including phenoxy) is 2. The summed E-state index contributed by atoms with van der Waals surface area (Å²) >= 11 is 0. The summed E-state index contributed by atoms with van der Waals surface area (Å²) in [7, 11) is 0. The summed E-state index contributed by atoms with van der Waals surface area (Å²) in [4.78, 5) is 24.9. The highest BCUT2D eigenvalue weighted by Crippen LogP contribution is 2.38. The Kier molecular flexibility index (Phi) is 15.4. The van der Waals surface area contributed by atoms with Crippen molar-refractivity contribution in [2.75, 3.05) is 26.4 Å². The van der Waals surface area contributed by atoms with Crippen molar-refractivity contribution in [2.45, 2.75) is 104 Å². The molecule has 2 rings (SSSR count). The van der Waals surface area contributed by atoms with Gasteiger partial charge in [0, 0.05) is 35.7 Å². The number of carbonyl (C=O) groups is 2. The average Bonchev–Trinajstić information content (AvgIpc) is 3.00. The number of unbranched alkanes of at least 4 members (excludes halogenated alkanes) is 2. The van der Waals surface area contributed by atoms with Gasteiger partial charge in [-0.15, -0.1) is 0 Å². The van der Waals surface area contributed by atoms with Crippen LogP contribution in [0.15, 0.2) is 48.6 Å². The van der Waals surface area contributed by atoms with E-state index in [2.05, 4.69) is 44.3 Å². The Morgan fingerprint density at radius 3 is 2.10 bits per heavy atom. The fraction of sp³-hybridized carbons (Fsp3) is 0.657. The van der Waals surface area contributed by atoms with Crippen LogP contribution in [-0.4, -0.2) is 48.6 Å². The van der Waals surface area contributed by atoms with E-state index in [1.807, 2.05) is 6.92 Å². The van der Waals surface area contributed by atoms with Crippen molar-refractivity contribution in [2.24, 2.45) is 17.3 Å². The first kappa shape index (κ1) is 34.8. The van der Waals surface area contributed by atoms with Gasteiger partial charge >= 0.3 is 11.9 Å². The van der Waals surface area contributed by atoms with E-state index in [1.165, 1.54) is 62.5 Å². The van der Waals surface area contributed by atoms with Crippen LogP contribution >= 0.6 is 0 Å². The van der Waals surface area contributed by atoms with Gasteiger partial charge in [0.25, 0.3) is 0 Å². The van der Waals surface area contributed by atoms with Crippen molar-refractivity contribution < 1.29 is 29.3 Å². The summed E-state index contributed by atoms with van der Waals surface area (Å²) in [6, 6.07) is 8.96. The maximum atomic E-state index is 12.7. The lowest BCUT2D eigenvalue weighted by atomic mass is 9.76. The lowest BCUT2D eigenvalue weighted by Gasteiger charge is -2.32. The maximum Gasteiger partial charge on any atom is 0.333 e. The van der Waals surface area contributed by atoms with Crippen LogP contribution < -0.4 is 0 Å². The molecular formula is C35H54O6. The van der Waals surface area contributed by atoms with Gasteiger partial charge in [0.05, 0.1) is 0 Å². The minimum atomic E-state index is -0.566. The second-order valence-corrected chi connectivity index (χ2v) is 12.3. The van der Waals surface area contributed by atoms with E-state index in [9.17, 15) is 19.8 Å². The zero-order valence-electron chi connectivity index (χ0n) is 25.8. The van der Waals surface area contributed by atoms with Gasteiger partial charge in [0.1, 0.15) is 13.2 Å². The first-order valence-corrected chi connectivity index (χ1v) is 15.6. The Labute approximate surface area is 248 Å². The van der Waals surface area contributed by atoms with Crippen LogP contribution in [0.25, 0.3) is 0 Å². The molecule has 1 aromatic carbocycles. The molecule has 0 aromatic heterocycles. The molecule has 0 heterocycles. The molecule has 0 bridgehead atoms. The summed E-state index contributed by atoms with van der Waals surface area (Å²) < 4.78 is 11.2. The van der Waals surface area contributed by atoms with E-state index < -0.39 is 23.3 Å². The van der Waals surface area contributed by atoms with Gasteiger partial charge in [-0.3, -0.25) is 0 Å². The quantitative estimate of drug-likeness (QED) is 0.105. The number of esters is 2. The Hall–Kier alpha value is -2.44. The molecule has 1 fully saturated rings. The smallest absolute Gasteiger partial charge is 0.333 e. The van der Waals surface area contributed by atoms with Crippen molar-refractivity contribution >= 4 is 11.9 Å². The van der Waals surface area contributed by atoms with E-state index in [1.54, 1.807) is 6.92 Å². The molecule has 230 valence electrons. The normalized spacial score (nSPS) is 18.5. The number of aliphatic hydroxyl groups is 2. The predicted octanol–water partition coefficient (Wildman–Crippen LogP) is 7.08. The van der Waals surface area contributed by atoms with E-state index in [0.29, 0.717) is 24.3 Å². The third-order valence-electron chi connectivity index (χ3n) is 8.92. The molecule has 0 aliphatic heterocycles. The highest BCUT2D eigenvalue weighted by Gasteiger charge is 2.33. The Morgan fingerprint density at radius 1 is 0.951 bits per heavy atom. The molecule has 6 heteroatoms. The molecule has 1 aliphatic rings. The SMILES string of the molecule is C=C(C)C(=O)OCC(CC)(CCc1ccc(C2CCC(CCCCC)CC2)cc1)COC(=O)C(=C)CC(CO)CO. The number of carbonyl (C=O) groups excluding carboxylic acids is 2. The zero-order valence-corrected chi connectivity index (χ0v) is 25.8. The number of aliphatic hydroxyl groups excluding tert-OH is 2. The van der Waals surface area contributed by atoms with E-state index in [4.69, 9.17) is 9.47 Å². The third kappa shape index (κ3) is 11.8. The number of hydrogen-bond acceptors (Lipinski definition) is 6. The highest BCUT2D eigenvalue weighted by atomic mass is 16.5. The second-order valence-electron chi connectivity index (χ2n) is 12.3. The van der Waals surface area contributed by atoms with Gasteiger partial charge in [0.2, 0.25) is 0 Å². The molecule has 1 unspecified atom stereocenters. The largest absolute Gasteiger partial charge is 0.462 e. The molecule has 0 amide bonds. The van der Waals surface area contributed by atoms with Crippen molar-refractivity contribution in [1.29, 1.82) is 0 Å². The van der Waals surface area contributed by atoms with Crippen molar-refractivity contribution in [1.82, 2.24) is 0 Å². The fourth-order valence-corrected chi connectivity index (χ4v) is 5.68. The first-order valence-electron chi connectivity index (χ1n) is 15.6. The zero-order chi connectivity index (χ0) is 30.3. The van der Waals surface area contributed by atoms with Gasteiger partial charge in [-0.1, -0.05) is 77.0 Å². The fourth-order valence-electron chi connectivity index (χ4n) is 5.68. The van der Waals surface area contributed by atoms with E-state index in [-0.39, 0.29) is 38.4 Å². The van der Waals surface area contributed by atoms with Crippen LogP contribution in [0.1, 0.15) is 108 Å². The predicted molar refractivity (Wildman–Crippen MR) is 164 cm³/mol. The van der Waals surface area contributed by atoms with E-state index in [0.717, 1.165) is 12.3 Å². The Bertz CT molecular complexity index is 955. The molecule has 0 spiro atoms. The van der Waals surface area contributed by atoms with Crippen LogP contribution in [0, 0.1) is 17.3 Å². The molecule has 0 radical (unpaired) electrons. The molecule has 0 saturated heterocycles. The first-order chi connectivity index (χ1) is 19.7. The van der Waals surface area contributed by atoms with Crippen molar-refractivity contribution in [3.8, 4) is 0 Å². The Balaban J connectivity index is 2.00. The van der Waals surface area contributed by atoms with Crippen LogP contribution in [0.3, 0.4) is 0 Å². The summed E-state index contributed by atoms with van der Waals surface area (Å²) in [6.45, 7) is 13.1. The molecule has 1 saturated carbocycles. The molecule has 1 aliphatic carbocycles. The van der Waals surface area contributed by atoms with E-state index >= 15 is 0 Å². The van der Waals surface area contributed by atoms with Crippen molar-refractivity contribution in [3.63, 3.8) is 0 Å². The van der Waals surface area contributed by atoms with Crippen molar-refractivity contribution in [3.05, 3.63) is 59.7 Å². The summed E-state index contributed by atoms with van der Waals surface area (Å²) in [5.74, 6) is 0.0650. The Morgan fingerprint density at radius 2 is 1.56 bits per heavy atom. The van der Waals surface area contributed by atoms with Crippen LogP contribution in [-0.2, 0) is 25.5 Å². The molecule has 41 heavy (non-hydrogen) atoms. The molecule has 1 aromatic rings. The van der Waals surface area contributed by atoms with Crippen LogP contribution in [0.4, 0.5) is 0 Å². The molecular weight excluding hydrogens is 516 g/mol. The maximum absolute atomic E-state index is 12.7. The number of aryl methyl sites for hydroxylation is 1. The average molecular weight is 571 g/mol. The molecule has 1 atom stereocenters. The lowest BCUT2D eigenvalue weighted by Crippen LogP contribution is -2.35. The molecule has 2 N–H and O–H groups in total. The third-order valence-corrected chi connectivity index (χ3v) is 8.92. The topological polar surface area (TPSA) is 93.1 Å². The standard InChI is InChI=1S/C35H54O6/c1-6-8-9-10-28-11-15-31(16-12-28)32-17-13-29(14-18-32)19-20-35(7-2,24-40-33(38)26(3)4)25-41-34(39)27(5)21-30(22-36)23-37/h13-14,17-18,28,30-31,36-37H,3,5-12,15-16,19-25H2,1-2,4H3. The highest BCUT2D eigenvalue weighted by molar-refractivity contribution is 5.88. The molecule has 6 nitrogen and oxygen atoms in total. The number of hydrogen-bond donors (Lipinski definition) is 2. The minimum absolute atomic E-state index is 0.0767. The number of rotatable bonds is 19. The summed E-state index contributed by atoms with van der Waals surface area (Å²) in [5, 5.41) is 18.7. The van der Waals surface area contributed by atoms with Gasteiger partial charge < -0.3 is 19.7 Å². The second kappa shape index (κ2) is 18.2. The summed E-state index contributed by atoms with van der Waals surface area (Å²) in [5.41, 5.74) is 2.59. The van der Waals surface area contributed by atoms with Gasteiger partial charge in [-0.25, -0.2) is 9.59 Å². The summed E-state index contributed by atoms with van der Waals surface area (Å²) in [6.07, 6.45) is 12.9. The van der Waals surface area contributed by atoms with Gasteiger partial charge in [-0.2, -0.15) is 0 Å². The van der Waals surface area contributed by atoms with Crippen LogP contribution in [0.2, 0.25) is 0 Å². The minimum Gasteiger partial charge on any atom is -0.462 e. The monoisotopic (exact) mass is 570 g/mol.